The van der Waals surface area contributed by atoms with Crippen LogP contribution in [0.5, 0.6) is 11.5 Å². The zero-order valence-corrected chi connectivity index (χ0v) is 15.0. The Bertz CT molecular complexity index is 836. The maximum absolute atomic E-state index is 12.5. The highest BCUT2D eigenvalue weighted by atomic mass is 16.5. The van der Waals surface area contributed by atoms with Crippen LogP contribution < -0.4 is 15.7 Å². The lowest BCUT2D eigenvalue weighted by atomic mass is 9.95. The van der Waals surface area contributed by atoms with Crippen molar-refractivity contribution >= 4 is 16.9 Å². The van der Waals surface area contributed by atoms with Gasteiger partial charge in [-0.25, -0.2) is 4.79 Å². The number of phenols is 1. The molecule has 0 unspecified atom stereocenters. The first-order valence-corrected chi connectivity index (χ1v) is 9.33. The molecular formula is C20H25NO5. The Hall–Kier alpha value is -2.50. The summed E-state index contributed by atoms with van der Waals surface area (Å²) in [6.45, 7) is 2.50. The fourth-order valence-electron chi connectivity index (χ4n) is 3.29. The van der Waals surface area contributed by atoms with Gasteiger partial charge in [0, 0.05) is 17.5 Å². The van der Waals surface area contributed by atoms with E-state index in [2.05, 4.69) is 5.32 Å². The number of unbranched alkanes of at least 4 members (excludes halogenated alkanes) is 1. The van der Waals surface area contributed by atoms with Crippen molar-refractivity contribution in [3.05, 3.63) is 34.2 Å². The summed E-state index contributed by atoms with van der Waals surface area (Å²) in [5, 5.41) is 13.3. The molecule has 1 aliphatic carbocycles. The molecule has 0 spiro atoms. The van der Waals surface area contributed by atoms with Crippen LogP contribution in [0, 0.1) is 0 Å². The molecule has 1 fully saturated rings. The van der Waals surface area contributed by atoms with E-state index in [-0.39, 0.29) is 22.9 Å². The molecule has 3 rings (SSSR count). The van der Waals surface area contributed by atoms with Crippen molar-refractivity contribution < 1.29 is 19.1 Å². The van der Waals surface area contributed by atoms with Crippen LogP contribution in [-0.2, 0) is 0 Å². The first-order chi connectivity index (χ1) is 12.6. The van der Waals surface area contributed by atoms with Gasteiger partial charge in [0.15, 0.2) is 11.3 Å². The third-order valence-electron chi connectivity index (χ3n) is 4.72. The number of amides is 1. The average molecular weight is 359 g/mol. The van der Waals surface area contributed by atoms with Crippen molar-refractivity contribution in [2.75, 3.05) is 6.61 Å². The summed E-state index contributed by atoms with van der Waals surface area (Å²) in [6.07, 6.45) is 7.04. The second-order valence-corrected chi connectivity index (χ2v) is 6.82. The van der Waals surface area contributed by atoms with E-state index >= 15 is 0 Å². The van der Waals surface area contributed by atoms with Crippen molar-refractivity contribution in [3.8, 4) is 11.5 Å². The standard InChI is InChI=1S/C20H25NO5/c1-2-3-9-25-17-12-15(22)10-13-11-16(20(24)26-18(13)17)19(23)21-14-7-5-4-6-8-14/h10-12,14,22H,2-9H2,1H3,(H,21,23). The minimum Gasteiger partial charge on any atom is -0.508 e. The lowest BCUT2D eigenvalue weighted by Gasteiger charge is -2.22. The lowest BCUT2D eigenvalue weighted by Crippen LogP contribution is -2.38. The number of carbonyl (C=O) groups is 1. The Morgan fingerprint density at radius 1 is 1.27 bits per heavy atom. The highest BCUT2D eigenvalue weighted by molar-refractivity contribution is 5.97. The Morgan fingerprint density at radius 3 is 2.77 bits per heavy atom. The van der Waals surface area contributed by atoms with Gasteiger partial charge in [-0.2, -0.15) is 0 Å². The summed E-state index contributed by atoms with van der Waals surface area (Å²) in [6, 6.07) is 4.44. The number of hydrogen-bond donors (Lipinski definition) is 2. The first-order valence-electron chi connectivity index (χ1n) is 9.33. The van der Waals surface area contributed by atoms with E-state index < -0.39 is 11.5 Å². The smallest absolute Gasteiger partial charge is 0.349 e. The molecule has 1 saturated carbocycles. The van der Waals surface area contributed by atoms with Crippen molar-refractivity contribution in [2.45, 2.75) is 57.9 Å². The van der Waals surface area contributed by atoms with Gasteiger partial charge < -0.3 is 19.6 Å². The summed E-state index contributed by atoms with van der Waals surface area (Å²) in [4.78, 5) is 24.8. The lowest BCUT2D eigenvalue weighted by molar-refractivity contribution is 0.0924. The van der Waals surface area contributed by atoms with Gasteiger partial charge >= 0.3 is 5.63 Å². The predicted molar refractivity (Wildman–Crippen MR) is 98.9 cm³/mol. The molecule has 1 aromatic heterocycles. The quantitative estimate of drug-likeness (QED) is 0.606. The van der Waals surface area contributed by atoms with Gasteiger partial charge in [0.05, 0.1) is 6.61 Å². The molecule has 2 N–H and O–H groups in total. The number of nitrogens with one attached hydrogen (secondary N) is 1. The fourth-order valence-corrected chi connectivity index (χ4v) is 3.29. The van der Waals surface area contributed by atoms with Crippen molar-refractivity contribution in [1.82, 2.24) is 5.32 Å². The van der Waals surface area contributed by atoms with E-state index in [4.69, 9.17) is 9.15 Å². The van der Waals surface area contributed by atoms with Gasteiger partial charge in [0.1, 0.15) is 11.3 Å². The van der Waals surface area contributed by atoms with Crippen molar-refractivity contribution in [2.24, 2.45) is 0 Å². The van der Waals surface area contributed by atoms with E-state index in [1.165, 1.54) is 24.6 Å². The highest BCUT2D eigenvalue weighted by Crippen LogP contribution is 2.30. The first kappa shape index (κ1) is 18.3. The summed E-state index contributed by atoms with van der Waals surface area (Å²) in [5.74, 6) is -0.120. The molecule has 0 aliphatic heterocycles. The van der Waals surface area contributed by atoms with E-state index in [1.54, 1.807) is 0 Å². The van der Waals surface area contributed by atoms with Crippen LogP contribution in [0.1, 0.15) is 62.2 Å². The molecule has 6 nitrogen and oxygen atoms in total. The largest absolute Gasteiger partial charge is 0.508 e. The van der Waals surface area contributed by atoms with Crippen LogP contribution in [0.4, 0.5) is 0 Å². The monoisotopic (exact) mass is 359 g/mol. The van der Waals surface area contributed by atoms with Crippen molar-refractivity contribution in [3.63, 3.8) is 0 Å². The third-order valence-corrected chi connectivity index (χ3v) is 4.72. The molecular weight excluding hydrogens is 334 g/mol. The minimum atomic E-state index is -0.697. The SMILES string of the molecule is CCCCOc1cc(O)cc2cc(C(=O)NC3CCCCC3)c(=O)oc12. The molecule has 0 radical (unpaired) electrons. The summed E-state index contributed by atoms with van der Waals surface area (Å²) >= 11 is 0. The highest BCUT2D eigenvalue weighted by Gasteiger charge is 2.21. The van der Waals surface area contributed by atoms with Gasteiger partial charge in [0.2, 0.25) is 0 Å². The Morgan fingerprint density at radius 2 is 2.04 bits per heavy atom. The number of fused-ring (bicyclic) bond motifs is 1. The van der Waals surface area contributed by atoms with Crippen LogP contribution >= 0.6 is 0 Å². The Kier molecular flexibility index (Phi) is 5.81. The molecule has 6 heteroatoms. The third kappa shape index (κ3) is 4.18. The number of carbonyl (C=O) groups excluding carboxylic acids is 1. The topological polar surface area (TPSA) is 88.8 Å². The molecule has 1 heterocycles. The summed E-state index contributed by atoms with van der Waals surface area (Å²) in [5.41, 5.74) is -0.497. The Balaban J connectivity index is 1.89. The molecule has 140 valence electrons. The number of hydrogen-bond acceptors (Lipinski definition) is 5. The number of aromatic hydroxyl groups is 1. The van der Waals surface area contributed by atoms with E-state index in [0.717, 1.165) is 38.5 Å². The van der Waals surface area contributed by atoms with Gasteiger partial charge in [-0.15, -0.1) is 0 Å². The molecule has 1 aliphatic rings. The molecule has 1 aromatic carbocycles. The van der Waals surface area contributed by atoms with Crippen LogP contribution in [-0.4, -0.2) is 23.7 Å². The zero-order chi connectivity index (χ0) is 18.5. The van der Waals surface area contributed by atoms with Gasteiger partial charge in [-0.05, 0) is 31.4 Å². The number of ether oxygens (including phenoxy) is 1. The average Bonchev–Trinajstić information content (AvgIpc) is 2.62. The number of rotatable bonds is 6. The van der Waals surface area contributed by atoms with Crippen LogP contribution in [0.15, 0.2) is 27.4 Å². The fraction of sp³-hybridized carbons (Fsp3) is 0.500. The maximum atomic E-state index is 12.5. The molecule has 0 saturated heterocycles. The van der Waals surface area contributed by atoms with Gasteiger partial charge in [-0.3, -0.25) is 4.79 Å². The normalized spacial score (nSPS) is 15.1. The number of benzene rings is 1. The predicted octanol–water partition coefficient (Wildman–Crippen LogP) is 3.74. The second kappa shape index (κ2) is 8.25. The zero-order valence-electron chi connectivity index (χ0n) is 15.0. The van der Waals surface area contributed by atoms with E-state index in [0.29, 0.717) is 17.7 Å². The molecule has 26 heavy (non-hydrogen) atoms. The van der Waals surface area contributed by atoms with Gasteiger partial charge in [0.25, 0.3) is 5.91 Å². The molecule has 0 bridgehead atoms. The molecule has 0 atom stereocenters. The Labute approximate surface area is 152 Å². The van der Waals surface area contributed by atoms with Crippen molar-refractivity contribution in [1.29, 1.82) is 0 Å². The van der Waals surface area contributed by atoms with Crippen LogP contribution in [0.25, 0.3) is 11.0 Å². The molecule has 2 aromatic rings. The van der Waals surface area contributed by atoms with Crippen LogP contribution in [0.2, 0.25) is 0 Å². The summed E-state index contributed by atoms with van der Waals surface area (Å²) < 4.78 is 11.0. The summed E-state index contributed by atoms with van der Waals surface area (Å²) in [7, 11) is 0. The second-order valence-electron chi connectivity index (χ2n) is 6.82. The maximum Gasteiger partial charge on any atom is 0.349 e. The van der Waals surface area contributed by atoms with E-state index in [1.807, 2.05) is 6.92 Å². The van der Waals surface area contributed by atoms with Gasteiger partial charge in [-0.1, -0.05) is 32.6 Å². The van der Waals surface area contributed by atoms with E-state index in [9.17, 15) is 14.7 Å². The van der Waals surface area contributed by atoms with Crippen LogP contribution in [0.3, 0.4) is 0 Å². The molecule has 1 amide bonds. The minimum absolute atomic E-state index is 0.00325. The number of phenolic OH excluding ortho intramolecular Hbond substituents is 1.